The quantitative estimate of drug-likeness (QED) is 0.469. The Labute approximate surface area is 159 Å². The molecule has 4 rings (SSSR count). The van der Waals surface area contributed by atoms with Crippen molar-refractivity contribution in [1.29, 1.82) is 0 Å². The van der Waals surface area contributed by atoms with E-state index in [1.165, 1.54) is 22.6 Å². The molecule has 0 aliphatic carbocycles. The number of hydrogen-bond acceptors (Lipinski definition) is 1. The summed E-state index contributed by atoms with van der Waals surface area (Å²) in [6.07, 6.45) is 2.14. The lowest BCUT2D eigenvalue weighted by Crippen LogP contribution is -2.17. The fraction of sp³-hybridized carbons (Fsp3) is 0.167. The summed E-state index contributed by atoms with van der Waals surface area (Å²) in [6.45, 7) is 3.47. The van der Waals surface area contributed by atoms with Crippen LogP contribution in [0.1, 0.15) is 29.7 Å². The van der Waals surface area contributed by atoms with Crippen molar-refractivity contribution in [2.75, 3.05) is 0 Å². The fourth-order valence-corrected chi connectivity index (χ4v) is 3.53. The van der Waals surface area contributed by atoms with E-state index < -0.39 is 0 Å². The van der Waals surface area contributed by atoms with Crippen molar-refractivity contribution in [3.8, 4) is 0 Å². The predicted molar refractivity (Wildman–Crippen MR) is 109 cm³/mol. The lowest BCUT2D eigenvalue weighted by Gasteiger charge is -2.13. The summed E-state index contributed by atoms with van der Waals surface area (Å²) < 4.78 is 16.2. The number of halogens is 1. The Morgan fingerprint density at radius 1 is 0.852 bits per heavy atom. The first-order valence-electron chi connectivity index (χ1n) is 9.31. The molecular formula is C24H23FN2. The maximum atomic E-state index is 14.1. The van der Waals surface area contributed by atoms with E-state index in [1.54, 1.807) is 6.07 Å². The first kappa shape index (κ1) is 17.5. The third-order valence-corrected chi connectivity index (χ3v) is 5.07. The number of nitrogens with zero attached hydrogens (tertiary/aromatic N) is 1. The van der Waals surface area contributed by atoms with E-state index >= 15 is 0 Å². The van der Waals surface area contributed by atoms with Crippen molar-refractivity contribution in [2.45, 2.75) is 26.1 Å². The van der Waals surface area contributed by atoms with Gasteiger partial charge in [0.1, 0.15) is 5.82 Å². The van der Waals surface area contributed by atoms with Gasteiger partial charge in [-0.25, -0.2) is 4.39 Å². The van der Waals surface area contributed by atoms with E-state index in [9.17, 15) is 4.39 Å². The van der Waals surface area contributed by atoms with Gasteiger partial charge < -0.3 is 9.88 Å². The molecule has 0 bridgehead atoms. The summed E-state index contributed by atoms with van der Waals surface area (Å²) in [5.74, 6) is -0.160. The lowest BCUT2D eigenvalue weighted by atomic mass is 10.1. The van der Waals surface area contributed by atoms with Crippen LogP contribution in [0.25, 0.3) is 10.9 Å². The van der Waals surface area contributed by atoms with Crippen LogP contribution >= 0.6 is 0 Å². The van der Waals surface area contributed by atoms with Crippen molar-refractivity contribution in [1.82, 2.24) is 9.88 Å². The molecule has 136 valence electrons. The first-order chi connectivity index (χ1) is 13.2. The van der Waals surface area contributed by atoms with Gasteiger partial charge in [-0.1, -0.05) is 66.7 Å². The summed E-state index contributed by atoms with van der Waals surface area (Å²) in [5, 5.41) is 4.82. The van der Waals surface area contributed by atoms with Crippen LogP contribution in [0.15, 0.2) is 85.1 Å². The second kappa shape index (κ2) is 7.77. The van der Waals surface area contributed by atoms with Gasteiger partial charge >= 0.3 is 0 Å². The van der Waals surface area contributed by atoms with Gasteiger partial charge in [0, 0.05) is 35.2 Å². The Kier molecular flexibility index (Phi) is 5.03. The fourth-order valence-electron chi connectivity index (χ4n) is 3.53. The van der Waals surface area contributed by atoms with E-state index in [2.05, 4.69) is 65.5 Å². The molecule has 3 aromatic carbocycles. The van der Waals surface area contributed by atoms with Gasteiger partial charge in [0.05, 0.1) is 6.54 Å². The average molecular weight is 358 g/mol. The minimum atomic E-state index is -0.160. The van der Waals surface area contributed by atoms with Crippen LogP contribution in [0, 0.1) is 5.82 Å². The van der Waals surface area contributed by atoms with E-state index in [-0.39, 0.29) is 11.9 Å². The maximum absolute atomic E-state index is 14.1. The third kappa shape index (κ3) is 3.79. The minimum Gasteiger partial charge on any atom is -0.343 e. The maximum Gasteiger partial charge on any atom is 0.128 e. The van der Waals surface area contributed by atoms with Crippen LogP contribution in [-0.4, -0.2) is 4.57 Å². The van der Waals surface area contributed by atoms with Crippen molar-refractivity contribution in [2.24, 2.45) is 0 Å². The zero-order valence-corrected chi connectivity index (χ0v) is 15.4. The van der Waals surface area contributed by atoms with Crippen molar-refractivity contribution in [3.63, 3.8) is 0 Å². The highest BCUT2D eigenvalue weighted by Gasteiger charge is 2.11. The molecule has 0 fully saturated rings. The molecule has 0 saturated heterocycles. The topological polar surface area (TPSA) is 17.0 Å². The first-order valence-corrected chi connectivity index (χ1v) is 9.31. The Bertz CT molecular complexity index is 1040. The zero-order chi connectivity index (χ0) is 18.6. The Hall–Kier alpha value is -2.91. The van der Waals surface area contributed by atoms with E-state index in [4.69, 9.17) is 0 Å². The number of nitrogens with one attached hydrogen (secondary N) is 1. The Morgan fingerprint density at radius 3 is 2.37 bits per heavy atom. The summed E-state index contributed by atoms with van der Waals surface area (Å²) in [5.41, 5.74) is 4.33. The molecule has 4 aromatic rings. The predicted octanol–water partition coefficient (Wildman–Crippen LogP) is 5.68. The molecule has 1 N–H and O–H groups in total. The van der Waals surface area contributed by atoms with Gasteiger partial charge in [0.15, 0.2) is 0 Å². The number of benzene rings is 3. The second-order valence-corrected chi connectivity index (χ2v) is 6.90. The monoisotopic (exact) mass is 358 g/mol. The molecule has 1 aromatic heterocycles. The summed E-state index contributed by atoms with van der Waals surface area (Å²) in [6, 6.07) is 26.0. The molecule has 0 aliphatic rings. The van der Waals surface area contributed by atoms with Crippen LogP contribution in [0.5, 0.6) is 0 Å². The molecule has 0 amide bonds. The van der Waals surface area contributed by atoms with Gasteiger partial charge in [-0.2, -0.15) is 0 Å². The van der Waals surface area contributed by atoms with Crippen molar-refractivity contribution in [3.05, 3.63) is 108 Å². The van der Waals surface area contributed by atoms with Gasteiger partial charge in [0.2, 0.25) is 0 Å². The number of aromatic nitrogens is 1. The van der Waals surface area contributed by atoms with Crippen LogP contribution in [0.2, 0.25) is 0 Å². The van der Waals surface area contributed by atoms with Crippen molar-refractivity contribution < 1.29 is 4.39 Å². The standard InChI is InChI=1S/C24H23FN2/c1-18(19-9-3-2-4-10-19)26-15-21-17-27(24-14-8-6-12-22(21)24)16-20-11-5-7-13-23(20)25/h2-14,17-18,26H,15-16H2,1H3/t18-/m1/s1. The highest BCUT2D eigenvalue weighted by Crippen LogP contribution is 2.24. The van der Waals surface area contributed by atoms with Crippen LogP contribution < -0.4 is 5.32 Å². The van der Waals surface area contributed by atoms with Crippen molar-refractivity contribution >= 4 is 10.9 Å². The van der Waals surface area contributed by atoms with Gasteiger partial charge in [-0.15, -0.1) is 0 Å². The van der Waals surface area contributed by atoms with E-state index in [0.29, 0.717) is 12.1 Å². The normalized spacial score (nSPS) is 12.4. The molecule has 0 saturated carbocycles. The average Bonchev–Trinajstić information content (AvgIpc) is 3.06. The number of hydrogen-bond donors (Lipinski definition) is 1. The lowest BCUT2D eigenvalue weighted by molar-refractivity contribution is 0.574. The van der Waals surface area contributed by atoms with Gasteiger partial charge in [-0.3, -0.25) is 0 Å². The van der Waals surface area contributed by atoms with Crippen LogP contribution in [0.3, 0.4) is 0 Å². The SMILES string of the molecule is C[C@@H](NCc1cn(Cc2ccccc2F)c2ccccc12)c1ccccc1. The largest absolute Gasteiger partial charge is 0.343 e. The molecule has 27 heavy (non-hydrogen) atoms. The third-order valence-electron chi connectivity index (χ3n) is 5.07. The molecule has 3 heteroatoms. The highest BCUT2D eigenvalue weighted by molar-refractivity contribution is 5.84. The second-order valence-electron chi connectivity index (χ2n) is 6.90. The number of rotatable bonds is 6. The Morgan fingerprint density at radius 2 is 1.56 bits per heavy atom. The molecule has 0 unspecified atom stereocenters. The summed E-state index contributed by atoms with van der Waals surface area (Å²) in [7, 11) is 0. The number of para-hydroxylation sites is 1. The molecular weight excluding hydrogens is 335 g/mol. The van der Waals surface area contributed by atoms with E-state index in [0.717, 1.165) is 12.1 Å². The molecule has 1 atom stereocenters. The summed E-state index contributed by atoms with van der Waals surface area (Å²) >= 11 is 0. The minimum absolute atomic E-state index is 0.160. The van der Waals surface area contributed by atoms with Gasteiger partial charge in [0.25, 0.3) is 0 Å². The zero-order valence-electron chi connectivity index (χ0n) is 15.4. The molecule has 2 nitrogen and oxygen atoms in total. The smallest absolute Gasteiger partial charge is 0.128 e. The van der Waals surface area contributed by atoms with Crippen LogP contribution in [-0.2, 0) is 13.1 Å². The number of fused-ring (bicyclic) bond motifs is 1. The summed E-state index contributed by atoms with van der Waals surface area (Å²) in [4.78, 5) is 0. The molecule has 1 heterocycles. The highest BCUT2D eigenvalue weighted by atomic mass is 19.1. The Balaban J connectivity index is 1.59. The molecule has 0 aliphatic heterocycles. The molecule has 0 spiro atoms. The molecule has 0 radical (unpaired) electrons. The van der Waals surface area contributed by atoms with Gasteiger partial charge in [-0.05, 0) is 30.2 Å². The van der Waals surface area contributed by atoms with E-state index in [1.807, 2.05) is 24.3 Å². The van der Waals surface area contributed by atoms with Crippen LogP contribution in [0.4, 0.5) is 4.39 Å².